The lowest BCUT2D eigenvalue weighted by atomic mass is 9.76. The van der Waals surface area contributed by atoms with Gasteiger partial charge in [-0.3, -0.25) is 15.2 Å². The maximum Gasteiger partial charge on any atom is 0.475 e. The zero-order valence-corrected chi connectivity index (χ0v) is 19.8. The zero-order chi connectivity index (χ0) is 24.2. The van der Waals surface area contributed by atoms with Crippen molar-refractivity contribution in [1.82, 2.24) is 24.9 Å². The highest BCUT2D eigenvalue weighted by atomic mass is 32.2. The van der Waals surface area contributed by atoms with Crippen molar-refractivity contribution in [2.24, 2.45) is 0 Å². The summed E-state index contributed by atoms with van der Waals surface area (Å²) in [6, 6.07) is 9.13. The molecule has 2 heterocycles. The van der Waals surface area contributed by atoms with Gasteiger partial charge in [0, 0.05) is 31.9 Å². The average Bonchev–Trinajstić information content (AvgIpc) is 2.87. The lowest BCUT2D eigenvalue weighted by Gasteiger charge is -2.31. The van der Waals surface area contributed by atoms with Crippen molar-refractivity contribution in [3.8, 4) is 0 Å². The maximum atomic E-state index is 13.1. The Morgan fingerprint density at radius 2 is 2.00 bits per heavy atom. The number of carbonyl (C=O) groups excluding carboxylic acids is 1. The largest absolute Gasteiger partial charge is 0.475 e. The first kappa shape index (κ1) is 26.1. The van der Waals surface area contributed by atoms with E-state index in [9.17, 15) is 14.8 Å². The van der Waals surface area contributed by atoms with E-state index in [1.807, 2.05) is 35.2 Å². The topological polar surface area (TPSA) is 144 Å². The van der Waals surface area contributed by atoms with E-state index in [0.29, 0.717) is 50.0 Å². The fourth-order valence-corrected chi connectivity index (χ4v) is 4.24. The Kier molecular flexibility index (Phi) is 10.8. The first-order chi connectivity index (χ1) is 16.5. The summed E-state index contributed by atoms with van der Waals surface area (Å²) in [5, 5.41) is 31.5. The number of morpholine rings is 1. The highest BCUT2D eigenvalue weighted by Gasteiger charge is 2.30. The van der Waals surface area contributed by atoms with Gasteiger partial charge in [-0.05, 0) is 36.8 Å². The number of hydrogen-bond acceptors (Lipinski definition) is 9. The van der Waals surface area contributed by atoms with Gasteiger partial charge in [0.05, 0.1) is 31.2 Å². The molecule has 1 saturated heterocycles. The van der Waals surface area contributed by atoms with Crippen LogP contribution in [0.2, 0.25) is 0 Å². The highest BCUT2D eigenvalue weighted by Crippen LogP contribution is 2.14. The van der Waals surface area contributed by atoms with E-state index in [-0.39, 0.29) is 6.42 Å². The minimum absolute atomic E-state index is 0.136. The molecule has 1 fully saturated rings. The molecular weight excluding hydrogens is 455 g/mol. The van der Waals surface area contributed by atoms with Gasteiger partial charge < -0.3 is 25.0 Å². The van der Waals surface area contributed by atoms with E-state index in [1.54, 1.807) is 18.6 Å². The van der Waals surface area contributed by atoms with Crippen LogP contribution in [-0.2, 0) is 16.0 Å². The Bertz CT molecular complexity index is 889. The van der Waals surface area contributed by atoms with Crippen molar-refractivity contribution < 1.29 is 19.6 Å². The van der Waals surface area contributed by atoms with Gasteiger partial charge in [0.25, 0.3) is 0 Å². The number of benzene rings is 1. The predicted molar refractivity (Wildman–Crippen MR) is 131 cm³/mol. The molecule has 12 heteroatoms. The van der Waals surface area contributed by atoms with Gasteiger partial charge in [-0.2, -0.15) is 0 Å². The smallest absolute Gasteiger partial charge is 0.426 e. The zero-order valence-electron chi connectivity index (χ0n) is 19.0. The van der Waals surface area contributed by atoms with Crippen LogP contribution in [0.1, 0.15) is 24.8 Å². The van der Waals surface area contributed by atoms with Crippen molar-refractivity contribution >= 4 is 30.8 Å². The first-order valence-electron chi connectivity index (χ1n) is 11.3. The molecular formula is C22H31BN6O4S. The second kappa shape index (κ2) is 14.0. The van der Waals surface area contributed by atoms with Crippen LogP contribution in [0.3, 0.4) is 0 Å². The lowest BCUT2D eigenvalue weighted by molar-refractivity contribution is -0.123. The Hall–Kier alpha value is -2.51. The molecule has 2 unspecified atom stereocenters. The lowest BCUT2D eigenvalue weighted by Crippen LogP contribution is -2.53. The second-order valence-corrected chi connectivity index (χ2v) is 8.83. The van der Waals surface area contributed by atoms with Crippen LogP contribution in [0, 0.1) is 5.41 Å². The van der Waals surface area contributed by atoms with Gasteiger partial charge in [0.15, 0.2) is 0 Å². The Morgan fingerprint density at radius 3 is 2.68 bits per heavy atom. The van der Waals surface area contributed by atoms with Gasteiger partial charge in [-0.15, -0.1) is 0 Å². The van der Waals surface area contributed by atoms with Gasteiger partial charge in [-0.1, -0.05) is 30.3 Å². The number of ether oxygens (including phenoxy) is 1. The summed E-state index contributed by atoms with van der Waals surface area (Å²) in [4.78, 5) is 23.2. The molecule has 34 heavy (non-hydrogen) atoms. The van der Waals surface area contributed by atoms with Crippen molar-refractivity contribution in [3.05, 3.63) is 54.5 Å². The third-order valence-corrected chi connectivity index (χ3v) is 6.29. The average molecular weight is 486 g/mol. The molecule has 1 amide bonds. The van der Waals surface area contributed by atoms with E-state index in [2.05, 4.69) is 20.0 Å². The number of nitrogens with zero attached hydrogens (tertiary/aromatic N) is 3. The molecule has 1 aliphatic rings. The van der Waals surface area contributed by atoms with Crippen LogP contribution in [0.25, 0.3) is 0 Å². The summed E-state index contributed by atoms with van der Waals surface area (Å²) >= 11 is 1.15. The van der Waals surface area contributed by atoms with E-state index in [0.717, 1.165) is 23.9 Å². The van der Waals surface area contributed by atoms with E-state index >= 15 is 0 Å². The quantitative estimate of drug-likeness (QED) is 0.127. The Morgan fingerprint density at radius 1 is 1.24 bits per heavy atom. The summed E-state index contributed by atoms with van der Waals surface area (Å²) in [6.45, 7) is 2.28. The van der Waals surface area contributed by atoms with Crippen molar-refractivity contribution in [2.45, 2.75) is 42.7 Å². The monoisotopic (exact) mass is 486 g/mol. The Balaban J connectivity index is 1.60. The highest BCUT2D eigenvalue weighted by molar-refractivity contribution is 7.97. The van der Waals surface area contributed by atoms with Crippen LogP contribution >= 0.6 is 11.9 Å². The van der Waals surface area contributed by atoms with Gasteiger partial charge in [-0.25, -0.2) is 9.71 Å². The van der Waals surface area contributed by atoms with E-state index in [4.69, 9.17) is 10.1 Å². The molecule has 1 aromatic heterocycles. The molecule has 2 atom stereocenters. The first-order valence-corrected chi connectivity index (χ1v) is 12.1. The minimum Gasteiger partial charge on any atom is -0.426 e. The summed E-state index contributed by atoms with van der Waals surface area (Å²) in [5.41, 5.74) is 1.15. The SMILES string of the molecule is N=C(CC(NSc1cnccn1)C(=O)NC(CCCc1ccccc1)B(O)O)N1CCOCC1. The van der Waals surface area contributed by atoms with Crippen LogP contribution in [0.4, 0.5) is 0 Å². The molecule has 0 saturated carbocycles. The fourth-order valence-electron chi connectivity index (χ4n) is 3.56. The molecule has 2 aromatic rings. The molecule has 0 bridgehead atoms. The number of rotatable bonds is 12. The molecule has 0 aliphatic carbocycles. The molecule has 182 valence electrons. The second-order valence-electron chi connectivity index (χ2n) is 7.97. The molecule has 0 spiro atoms. The van der Waals surface area contributed by atoms with E-state index in [1.165, 1.54) is 0 Å². The molecule has 0 radical (unpaired) electrons. The molecule has 1 aliphatic heterocycles. The molecule has 10 nitrogen and oxygen atoms in total. The van der Waals surface area contributed by atoms with Gasteiger partial charge >= 0.3 is 7.12 Å². The van der Waals surface area contributed by atoms with Crippen LogP contribution in [-0.4, -0.2) is 82.1 Å². The number of hydrogen-bond donors (Lipinski definition) is 5. The van der Waals surface area contributed by atoms with Gasteiger partial charge in [0.2, 0.25) is 5.91 Å². The van der Waals surface area contributed by atoms with E-state index < -0.39 is 25.0 Å². The minimum atomic E-state index is -1.69. The van der Waals surface area contributed by atoms with Gasteiger partial charge in [0.1, 0.15) is 11.1 Å². The number of amides is 1. The third kappa shape index (κ3) is 8.69. The van der Waals surface area contributed by atoms with Crippen molar-refractivity contribution in [1.29, 1.82) is 5.41 Å². The number of amidine groups is 1. The van der Waals surface area contributed by atoms with Crippen LogP contribution in [0.15, 0.2) is 53.9 Å². The van der Waals surface area contributed by atoms with Crippen LogP contribution < -0.4 is 10.0 Å². The molecule has 5 N–H and O–H groups in total. The third-order valence-electron chi connectivity index (χ3n) is 5.46. The number of nitrogens with one attached hydrogen (secondary N) is 3. The Labute approximate surface area is 204 Å². The summed E-state index contributed by atoms with van der Waals surface area (Å²) in [5.74, 6) is -0.910. The molecule has 1 aromatic carbocycles. The predicted octanol–water partition coefficient (Wildman–Crippen LogP) is 0.661. The number of aryl methyl sites for hydroxylation is 1. The van der Waals surface area contributed by atoms with Crippen LogP contribution in [0.5, 0.6) is 0 Å². The standard InChI is InChI=1S/C22H31BN6O4S/c24-20(29-11-13-33-14-12-29)15-18(28-34-21-16-25-9-10-26-21)22(30)27-19(23(31)32)8-4-7-17-5-2-1-3-6-17/h1-3,5-6,9-10,16,18-19,24,28,31-32H,4,7-8,11-15H2,(H,27,30). The summed E-state index contributed by atoms with van der Waals surface area (Å²) in [7, 11) is -1.69. The number of carbonyl (C=O) groups is 1. The normalized spacial score (nSPS) is 15.4. The summed E-state index contributed by atoms with van der Waals surface area (Å²) in [6.07, 6.45) is 6.68. The summed E-state index contributed by atoms with van der Waals surface area (Å²) < 4.78 is 8.42. The van der Waals surface area contributed by atoms with Crippen molar-refractivity contribution in [2.75, 3.05) is 26.3 Å². The number of aromatic nitrogens is 2. The molecule has 3 rings (SSSR count). The fraction of sp³-hybridized carbons (Fsp3) is 0.455. The maximum absolute atomic E-state index is 13.1. The van der Waals surface area contributed by atoms with Crippen molar-refractivity contribution in [3.63, 3.8) is 0 Å².